The molecule has 0 spiro atoms. The number of ether oxygens (including phenoxy) is 1. The van der Waals surface area contributed by atoms with Gasteiger partial charge in [-0.2, -0.15) is 0 Å². The minimum Gasteiger partial charge on any atom is -0.494 e. The molecule has 1 unspecified atom stereocenters. The Bertz CT molecular complexity index is 703. The van der Waals surface area contributed by atoms with Crippen LogP contribution in [0, 0.1) is 5.82 Å². The van der Waals surface area contributed by atoms with Crippen LogP contribution in [0.15, 0.2) is 48.5 Å². The van der Waals surface area contributed by atoms with E-state index in [1.165, 1.54) is 12.1 Å². The van der Waals surface area contributed by atoms with Crippen molar-refractivity contribution in [2.24, 2.45) is 0 Å². The van der Waals surface area contributed by atoms with Crippen molar-refractivity contribution < 1.29 is 13.9 Å². The predicted octanol–water partition coefficient (Wildman–Crippen LogP) is 5.00. The van der Waals surface area contributed by atoms with Crippen LogP contribution in [0.4, 0.5) is 4.39 Å². The molecule has 0 saturated carbocycles. The molecule has 132 valence electrons. The van der Waals surface area contributed by atoms with Gasteiger partial charge in [0.15, 0.2) is 0 Å². The van der Waals surface area contributed by atoms with E-state index < -0.39 is 0 Å². The van der Waals surface area contributed by atoms with Crippen molar-refractivity contribution in [2.75, 3.05) is 13.2 Å². The molecule has 0 aromatic heterocycles. The summed E-state index contributed by atoms with van der Waals surface area (Å²) in [6.45, 7) is 1.24. The standard InChI is InChI=1S/C20H21ClFNO2/c21-16-7-5-15(6-8-16)19-3-1-13-23(19)20(24)4-2-14-25-18-11-9-17(22)10-12-18/h5-12,19H,1-4,13-14H2. The quantitative estimate of drug-likeness (QED) is 0.677. The van der Waals surface area contributed by atoms with Crippen molar-refractivity contribution >= 4 is 17.5 Å². The summed E-state index contributed by atoms with van der Waals surface area (Å²) in [5, 5.41) is 0.706. The monoisotopic (exact) mass is 361 g/mol. The van der Waals surface area contributed by atoms with Crippen molar-refractivity contribution in [2.45, 2.75) is 31.7 Å². The average Bonchev–Trinajstić information content (AvgIpc) is 3.10. The molecule has 5 heteroatoms. The van der Waals surface area contributed by atoms with Crippen molar-refractivity contribution in [1.29, 1.82) is 0 Å². The Labute approximate surface area is 152 Å². The highest BCUT2D eigenvalue weighted by Crippen LogP contribution is 2.33. The van der Waals surface area contributed by atoms with Gasteiger partial charge in [-0.15, -0.1) is 0 Å². The fraction of sp³-hybridized carbons (Fsp3) is 0.350. The molecule has 3 rings (SSSR count). The predicted molar refractivity (Wildman–Crippen MR) is 96.3 cm³/mol. The van der Waals surface area contributed by atoms with E-state index in [1.54, 1.807) is 12.1 Å². The normalized spacial score (nSPS) is 16.9. The number of benzene rings is 2. The molecule has 0 bridgehead atoms. The Hall–Kier alpha value is -2.07. The topological polar surface area (TPSA) is 29.5 Å². The molecule has 1 aliphatic heterocycles. The lowest BCUT2D eigenvalue weighted by atomic mass is 10.0. The van der Waals surface area contributed by atoms with Crippen LogP contribution < -0.4 is 4.74 Å². The maximum Gasteiger partial charge on any atom is 0.223 e. The van der Waals surface area contributed by atoms with Gasteiger partial charge in [0.25, 0.3) is 0 Å². The van der Waals surface area contributed by atoms with Gasteiger partial charge < -0.3 is 9.64 Å². The first-order valence-electron chi connectivity index (χ1n) is 8.57. The van der Waals surface area contributed by atoms with Gasteiger partial charge in [-0.25, -0.2) is 4.39 Å². The smallest absolute Gasteiger partial charge is 0.223 e. The Kier molecular flexibility index (Phi) is 5.92. The number of carbonyl (C=O) groups excluding carboxylic acids is 1. The number of nitrogens with zero attached hydrogens (tertiary/aromatic N) is 1. The maximum atomic E-state index is 12.8. The van der Waals surface area contributed by atoms with E-state index in [-0.39, 0.29) is 17.8 Å². The zero-order valence-electron chi connectivity index (χ0n) is 14.0. The van der Waals surface area contributed by atoms with E-state index >= 15 is 0 Å². The third kappa shape index (κ3) is 4.73. The summed E-state index contributed by atoms with van der Waals surface area (Å²) in [5.74, 6) is 0.485. The summed E-state index contributed by atoms with van der Waals surface area (Å²) in [7, 11) is 0. The summed E-state index contributed by atoms with van der Waals surface area (Å²) in [5.41, 5.74) is 1.14. The van der Waals surface area contributed by atoms with Crippen LogP contribution in [0.2, 0.25) is 5.02 Å². The SMILES string of the molecule is O=C(CCCOc1ccc(F)cc1)N1CCCC1c1ccc(Cl)cc1. The molecule has 0 radical (unpaired) electrons. The van der Waals surface area contributed by atoms with Gasteiger partial charge in [-0.05, 0) is 61.2 Å². The van der Waals surface area contributed by atoms with Gasteiger partial charge >= 0.3 is 0 Å². The molecule has 1 fully saturated rings. The number of halogens is 2. The van der Waals surface area contributed by atoms with Crippen LogP contribution in [0.1, 0.15) is 37.3 Å². The van der Waals surface area contributed by atoms with E-state index in [0.29, 0.717) is 30.2 Å². The third-order valence-corrected chi connectivity index (χ3v) is 4.70. The minimum absolute atomic E-state index is 0.141. The molecule has 1 saturated heterocycles. The van der Waals surface area contributed by atoms with Crippen LogP contribution in [0.3, 0.4) is 0 Å². The lowest BCUT2D eigenvalue weighted by Gasteiger charge is -2.25. The first kappa shape index (κ1) is 17.7. The first-order chi connectivity index (χ1) is 12.1. The van der Waals surface area contributed by atoms with Crippen LogP contribution in [0.5, 0.6) is 5.75 Å². The lowest BCUT2D eigenvalue weighted by Crippen LogP contribution is -2.30. The molecule has 1 heterocycles. The molecule has 2 aromatic carbocycles. The maximum absolute atomic E-state index is 12.8. The van der Waals surface area contributed by atoms with Crippen molar-refractivity contribution in [3.63, 3.8) is 0 Å². The second-order valence-corrected chi connectivity index (χ2v) is 6.64. The molecular formula is C20H21ClFNO2. The van der Waals surface area contributed by atoms with Crippen molar-refractivity contribution in [3.8, 4) is 5.75 Å². The van der Waals surface area contributed by atoms with Gasteiger partial charge in [-0.1, -0.05) is 23.7 Å². The summed E-state index contributed by atoms with van der Waals surface area (Å²) < 4.78 is 18.4. The van der Waals surface area contributed by atoms with Crippen LogP contribution in [-0.2, 0) is 4.79 Å². The van der Waals surface area contributed by atoms with Gasteiger partial charge in [0.2, 0.25) is 5.91 Å². The zero-order chi connectivity index (χ0) is 17.6. The highest BCUT2D eigenvalue weighted by molar-refractivity contribution is 6.30. The number of hydrogen-bond donors (Lipinski definition) is 0. The Morgan fingerprint density at radius 2 is 1.88 bits per heavy atom. The fourth-order valence-electron chi connectivity index (χ4n) is 3.18. The minimum atomic E-state index is -0.287. The number of amides is 1. The highest BCUT2D eigenvalue weighted by Gasteiger charge is 2.29. The second-order valence-electron chi connectivity index (χ2n) is 6.20. The van der Waals surface area contributed by atoms with E-state index in [9.17, 15) is 9.18 Å². The largest absolute Gasteiger partial charge is 0.494 e. The summed E-state index contributed by atoms with van der Waals surface area (Å²) >= 11 is 5.95. The third-order valence-electron chi connectivity index (χ3n) is 4.45. The fourth-order valence-corrected chi connectivity index (χ4v) is 3.31. The first-order valence-corrected chi connectivity index (χ1v) is 8.94. The zero-order valence-corrected chi connectivity index (χ0v) is 14.7. The molecule has 25 heavy (non-hydrogen) atoms. The summed E-state index contributed by atoms with van der Waals surface area (Å²) in [4.78, 5) is 14.5. The van der Waals surface area contributed by atoms with Crippen LogP contribution in [-0.4, -0.2) is 24.0 Å². The number of likely N-dealkylation sites (tertiary alicyclic amines) is 1. The van der Waals surface area contributed by atoms with Gasteiger partial charge in [0.1, 0.15) is 11.6 Å². The molecule has 1 aliphatic rings. The van der Waals surface area contributed by atoms with E-state index in [4.69, 9.17) is 16.3 Å². The molecule has 3 nitrogen and oxygen atoms in total. The number of rotatable bonds is 6. The van der Waals surface area contributed by atoms with E-state index in [0.717, 1.165) is 24.9 Å². The molecular weight excluding hydrogens is 341 g/mol. The van der Waals surface area contributed by atoms with Crippen molar-refractivity contribution in [3.05, 3.63) is 64.9 Å². The van der Waals surface area contributed by atoms with Gasteiger partial charge in [-0.3, -0.25) is 4.79 Å². The van der Waals surface area contributed by atoms with Gasteiger partial charge in [0, 0.05) is 18.0 Å². The molecule has 0 N–H and O–H groups in total. The molecule has 1 amide bonds. The number of carbonyl (C=O) groups is 1. The average molecular weight is 362 g/mol. The Morgan fingerprint density at radius 1 is 1.16 bits per heavy atom. The summed E-state index contributed by atoms with van der Waals surface area (Å²) in [6.07, 6.45) is 3.09. The Balaban J connectivity index is 1.48. The summed E-state index contributed by atoms with van der Waals surface area (Å²) in [6, 6.07) is 13.8. The molecule has 0 aliphatic carbocycles. The van der Waals surface area contributed by atoms with Gasteiger partial charge in [0.05, 0.1) is 12.6 Å². The van der Waals surface area contributed by atoms with Crippen LogP contribution >= 0.6 is 11.6 Å². The second kappa shape index (κ2) is 8.34. The lowest BCUT2D eigenvalue weighted by molar-refractivity contribution is -0.132. The van der Waals surface area contributed by atoms with Crippen LogP contribution in [0.25, 0.3) is 0 Å². The number of hydrogen-bond acceptors (Lipinski definition) is 2. The van der Waals surface area contributed by atoms with E-state index in [2.05, 4.69) is 0 Å². The Morgan fingerprint density at radius 3 is 2.60 bits per heavy atom. The molecule has 1 atom stereocenters. The van der Waals surface area contributed by atoms with Crippen molar-refractivity contribution in [1.82, 2.24) is 4.90 Å². The highest BCUT2D eigenvalue weighted by atomic mass is 35.5. The molecule has 2 aromatic rings. The van der Waals surface area contributed by atoms with E-state index in [1.807, 2.05) is 29.2 Å².